The fraction of sp³-hybridized carbons (Fsp3) is 0.235. The zero-order chi connectivity index (χ0) is 17.9. The Kier molecular flexibility index (Phi) is 5.64. The number of nitrogens with one attached hydrogen (secondary N) is 1. The van der Waals surface area contributed by atoms with Gasteiger partial charge in [0.2, 0.25) is 15.9 Å². The van der Waals surface area contributed by atoms with Crippen molar-refractivity contribution in [3.05, 3.63) is 58.6 Å². The topological polar surface area (TPSA) is 66.5 Å². The number of rotatable bonds is 5. The molecule has 0 bridgehead atoms. The Morgan fingerprint density at radius 2 is 1.67 bits per heavy atom. The average molecular weight is 367 g/mol. The maximum absolute atomic E-state index is 12.5. The zero-order valence-electron chi connectivity index (χ0n) is 13.7. The molecule has 0 aliphatic rings. The monoisotopic (exact) mass is 366 g/mol. The number of benzene rings is 2. The second kappa shape index (κ2) is 7.34. The maximum atomic E-state index is 12.5. The van der Waals surface area contributed by atoms with Gasteiger partial charge in [0.1, 0.15) is 4.90 Å². The highest BCUT2D eigenvalue weighted by Gasteiger charge is 2.25. The van der Waals surface area contributed by atoms with Gasteiger partial charge in [-0.3, -0.25) is 4.79 Å². The van der Waals surface area contributed by atoms with Gasteiger partial charge in [-0.2, -0.15) is 4.31 Å². The van der Waals surface area contributed by atoms with Crippen molar-refractivity contribution in [3.63, 3.8) is 0 Å². The molecule has 24 heavy (non-hydrogen) atoms. The Morgan fingerprint density at radius 3 is 2.25 bits per heavy atom. The third kappa shape index (κ3) is 3.95. The van der Waals surface area contributed by atoms with Gasteiger partial charge in [-0.1, -0.05) is 41.9 Å². The zero-order valence-corrected chi connectivity index (χ0v) is 15.3. The molecule has 0 saturated carbocycles. The van der Waals surface area contributed by atoms with E-state index in [9.17, 15) is 13.2 Å². The summed E-state index contributed by atoms with van der Waals surface area (Å²) in [7, 11) is -2.49. The molecule has 2 aromatic carbocycles. The molecule has 0 aliphatic carbocycles. The number of para-hydroxylation sites is 1. The molecule has 1 amide bonds. The summed E-state index contributed by atoms with van der Waals surface area (Å²) in [6.07, 6.45) is 0. The molecule has 7 heteroatoms. The molecule has 0 saturated heterocycles. The highest BCUT2D eigenvalue weighted by Crippen LogP contribution is 2.24. The van der Waals surface area contributed by atoms with Crippen LogP contribution in [0.15, 0.2) is 47.4 Å². The Labute approximate surface area is 147 Å². The van der Waals surface area contributed by atoms with Gasteiger partial charge in [-0.15, -0.1) is 0 Å². The van der Waals surface area contributed by atoms with E-state index in [1.807, 2.05) is 32.0 Å². The molecular weight excluding hydrogens is 348 g/mol. The van der Waals surface area contributed by atoms with E-state index in [-0.39, 0.29) is 16.5 Å². The first-order valence-corrected chi connectivity index (χ1v) is 9.12. The van der Waals surface area contributed by atoms with E-state index in [2.05, 4.69) is 5.32 Å². The highest BCUT2D eigenvalue weighted by atomic mass is 35.5. The fourth-order valence-corrected chi connectivity index (χ4v) is 3.92. The van der Waals surface area contributed by atoms with Gasteiger partial charge in [0.15, 0.2) is 0 Å². The summed E-state index contributed by atoms with van der Waals surface area (Å²) < 4.78 is 26.1. The molecular formula is C17H19ClN2O3S. The quantitative estimate of drug-likeness (QED) is 0.883. The van der Waals surface area contributed by atoms with Crippen molar-refractivity contribution in [2.24, 2.45) is 0 Å². The molecule has 0 heterocycles. The number of halogens is 1. The standard InChI is InChI=1S/C17H19ClN2O3S/c1-12-7-6-8-13(2)17(12)19-16(21)11-20(3)24(22,23)15-10-5-4-9-14(15)18/h4-10H,11H2,1-3H3,(H,19,21). The first kappa shape index (κ1) is 18.4. The van der Waals surface area contributed by atoms with Crippen LogP contribution in [0.4, 0.5) is 5.69 Å². The van der Waals surface area contributed by atoms with Gasteiger partial charge in [-0.25, -0.2) is 8.42 Å². The van der Waals surface area contributed by atoms with Crippen molar-refractivity contribution in [1.29, 1.82) is 0 Å². The number of hydrogen-bond donors (Lipinski definition) is 1. The largest absolute Gasteiger partial charge is 0.324 e. The Bertz CT molecular complexity index is 846. The Hall–Kier alpha value is -1.89. The molecule has 0 aliphatic heterocycles. The first-order chi connectivity index (χ1) is 11.2. The van der Waals surface area contributed by atoms with Crippen LogP contribution >= 0.6 is 11.6 Å². The lowest BCUT2D eigenvalue weighted by Gasteiger charge is -2.18. The van der Waals surface area contributed by atoms with E-state index in [1.54, 1.807) is 12.1 Å². The van der Waals surface area contributed by atoms with Crippen LogP contribution in [-0.2, 0) is 14.8 Å². The van der Waals surface area contributed by atoms with E-state index >= 15 is 0 Å². The molecule has 0 aromatic heterocycles. The van der Waals surface area contributed by atoms with Crippen LogP contribution in [0, 0.1) is 13.8 Å². The Morgan fingerprint density at radius 1 is 1.08 bits per heavy atom. The third-order valence-electron chi connectivity index (χ3n) is 3.64. The van der Waals surface area contributed by atoms with Crippen molar-refractivity contribution in [3.8, 4) is 0 Å². The van der Waals surface area contributed by atoms with E-state index in [0.717, 1.165) is 15.4 Å². The summed E-state index contributed by atoms with van der Waals surface area (Å²) in [4.78, 5) is 12.2. The molecule has 128 valence electrons. The van der Waals surface area contributed by atoms with Crippen molar-refractivity contribution in [2.45, 2.75) is 18.7 Å². The predicted octanol–water partition coefficient (Wildman–Crippen LogP) is 3.22. The molecule has 0 radical (unpaired) electrons. The molecule has 0 spiro atoms. The third-order valence-corrected chi connectivity index (χ3v) is 5.94. The van der Waals surface area contributed by atoms with Gasteiger partial charge in [0.05, 0.1) is 11.6 Å². The number of hydrogen-bond acceptors (Lipinski definition) is 3. The van der Waals surface area contributed by atoms with Crippen LogP contribution in [0.3, 0.4) is 0 Å². The molecule has 2 aromatic rings. The van der Waals surface area contributed by atoms with Gasteiger partial charge in [0, 0.05) is 12.7 Å². The van der Waals surface area contributed by atoms with E-state index < -0.39 is 15.9 Å². The van der Waals surface area contributed by atoms with E-state index in [1.165, 1.54) is 19.2 Å². The van der Waals surface area contributed by atoms with Crippen molar-refractivity contribution >= 4 is 33.2 Å². The van der Waals surface area contributed by atoms with Gasteiger partial charge < -0.3 is 5.32 Å². The summed E-state index contributed by atoms with van der Waals surface area (Å²) in [6, 6.07) is 11.8. The van der Waals surface area contributed by atoms with Gasteiger partial charge in [-0.05, 0) is 37.1 Å². The lowest BCUT2D eigenvalue weighted by Crippen LogP contribution is -2.35. The van der Waals surface area contributed by atoms with Crippen molar-refractivity contribution < 1.29 is 13.2 Å². The minimum atomic E-state index is -3.84. The molecule has 0 fully saturated rings. The summed E-state index contributed by atoms with van der Waals surface area (Å²) in [5.41, 5.74) is 2.53. The fourth-order valence-electron chi connectivity index (χ4n) is 2.30. The van der Waals surface area contributed by atoms with Gasteiger partial charge in [0.25, 0.3) is 0 Å². The number of carbonyl (C=O) groups is 1. The van der Waals surface area contributed by atoms with Crippen molar-refractivity contribution in [1.82, 2.24) is 4.31 Å². The van der Waals surface area contributed by atoms with Gasteiger partial charge >= 0.3 is 0 Å². The molecule has 5 nitrogen and oxygen atoms in total. The summed E-state index contributed by atoms with van der Waals surface area (Å²) >= 11 is 5.95. The van der Waals surface area contributed by atoms with E-state index in [0.29, 0.717) is 5.69 Å². The Balaban J connectivity index is 2.16. The summed E-state index contributed by atoms with van der Waals surface area (Å²) in [6.45, 7) is 3.46. The van der Waals surface area contributed by atoms with Crippen LogP contribution in [0.5, 0.6) is 0 Å². The highest BCUT2D eigenvalue weighted by molar-refractivity contribution is 7.89. The lowest BCUT2D eigenvalue weighted by atomic mass is 10.1. The minimum Gasteiger partial charge on any atom is -0.324 e. The first-order valence-electron chi connectivity index (χ1n) is 7.30. The maximum Gasteiger partial charge on any atom is 0.244 e. The summed E-state index contributed by atoms with van der Waals surface area (Å²) in [5.74, 6) is -0.412. The molecule has 2 rings (SSSR count). The smallest absolute Gasteiger partial charge is 0.244 e. The van der Waals surface area contributed by atoms with Crippen LogP contribution in [0.1, 0.15) is 11.1 Å². The van der Waals surface area contributed by atoms with Crippen molar-refractivity contribution in [2.75, 3.05) is 18.9 Å². The van der Waals surface area contributed by atoms with Crippen LogP contribution in [0.25, 0.3) is 0 Å². The minimum absolute atomic E-state index is 0.0194. The molecule has 0 atom stereocenters. The lowest BCUT2D eigenvalue weighted by molar-refractivity contribution is -0.116. The number of carbonyl (C=O) groups excluding carboxylic acids is 1. The molecule has 1 N–H and O–H groups in total. The number of aryl methyl sites for hydroxylation is 2. The SMILES string of the molecule is Cc1cccc(C)c1NC(=O)CN(C)S(=O)(=O)c1ccccc1Cl. The summed E-state index contributed by atoms with van der Waals surface area (Å²) in [5, 5.41) is 2.89. The second-order valence-electron chi connectivity index (χ2n) is 5.51. The second-order valence-corrected chi connectivity index (χ2v) is 7.93. The number of nitrogens with zero attached hydrogens (tertiary/aromatic N) is 1. The van der Waals surface area contributed by atoms with Crippen LogP contribution in [0.2, 0.25) is 5.02 Å². The van der Waals surface area contributed by atoms with E-state index in [4.69, 9.17) is 11.6 Å². The normalized spacial score (nSPS) is 11.5. The predicted molar refractivity (Wildman–Crippen MR) is 95.8 cm³/mol. The average Bonchev–Trinajstić information content (AvgIpc) is 2.51. The number of anilines is 1. The number of likely N-dealkylation sites (N-methyl/N-ethyl adjacent to an activating group) is 1. The van der Waals surface area contributed by atoms with Crippen LogP contribution < -0.4 is 5.32 Å². The molecule has 0 unspecified atom stereocenters. The van der Waals surface area contributed by atoms with Crippen LogP contribution in [-0.4, -0.2) is 32.2 Å². The number of sulfonamides is 1. The number of amides is 1.